The molecule has 0 spiro atoms. The third kappa shape index (κ3) is 3.49. The highest BCUT2D eigenvalue weighted by Crippen LogP contribution is 2.32. The van der Waals surface area contributed by atoms with Crippen LogP contribution >= 0.6 is 0 Å². The van der Waals surface area contributed by atoms with E-state index in [4.69, 9.17) is 0 Å². The van der Waals surface area contributed by atoms with Gasteiger partial charge in [-0.25, -0.2) is 0 Å². The van der Waals surface area contributed by atoms with Crippen molar-refractivity contribution in [2.75, 3.05) is 18.4 Å². The summed E-state index contributed by atoms with van der Waals surface area (Å²) in [6.45, 7) is 5.98. The predicted molar refractivity (Wildman–Crippen MR) is 106 cm³/mol. The first-order valence-corrected chi connectivity index (χ1v) is 9.64. The Bertz CT molecular complexity index is 849. The summed E-state index contributed by atoms with van der Waals surface area (Å²) in [5.41, 5.74) is 2.95. The van der Waals surface area contributed by atoms with Gasteiger partial charge in [-0.1, -0.05) is 18.2 Å². The van der Waals surface area contributed by atoms with Crippen LogP contribution in [0.15, 0.2) is 36.4 Å². The lowest BCUT2D eigenvalue weighted by molar-refractivity contribution is -0.114. The van der Waals surface area contributed by atoms with Crippen molar-refractivity contribution in [3.8, 4) is 11.3 Å². The minimum absolute atomic E-state index is 0.0659. The SMILES string of the molecule is CC(=O)Nc1ccccc1-c1ccc(C(=O)N[C@@H]2C3CCN(CC3)[C@@H]2C)[nH]1. The van der Waals surface area contributed by atoms with Gasteiger partial charge in [-0.05, 0) is 57.0 Å². The van der Waals surface area contributed by atoms with Crippen LogP contribution in [0.5, 0.6) is 0 Å². The zero-order chi connectivity index (χ0) is 19.0. The van der Waals surface area contributed by atoms with Crippen molar-refractivity contribution in [2.24, 2.45) is 5.92 Å². The van der Waals surface area contributed by atoms with Gasteiger partial charge in [-0.15, -0.1) is 0 Å². The second-order valence-electron chi connectivity index (χ2n) is 7.63. The van der Waals surface area contributed by atoms with E-state index in [1.165, 1.54) is 6.92 Å². The molecule has 2 atom stereocenters. The molecule has 0 unspecified atom stereocenters. The number of H-pyrrole nitrogens is 1. The maximum atomic E-state index is 12.8. The lowest BCUT2D eigenvalue weighted by atomic mass is 9.79. The Morgan fingerprint density at radius 3 is 2.56 bits per heavy atom. The van der Waals surface area contributed by atoms with Crippen molar-refractivity contribution < 1.29 is 9.59 Å². The Hall–Kier alpha value is -2.60. The number of aromatic amines is 1. The number of benzene rings is 1. The van der Waals surface area contributed by atoms with Gasteiger partial charge in [0, 0.05) is 30.3 Å². The molecular formula is C21H26N4O2. The summed E-state index contributed by atoms with van der Waals surface area (Å²) in [5.74, 6) is 0.385. The number of anilines is 1. The van der Waals surface area contributed by atoms with E-state index in [1.54, 1.807) is 6.07 Å². The Kier molecular flexibility index (Phi) is 4.74. The first-order chi connectivity index (χ1) is 13.0. The van der Waals surface area contributed by atoms with Gasteiger partial charge in [0.2, 0.25) is 5.91 Å². The number of para-hydroxylation sites is 1. The summed E-state index contributed by atoms with van der Waals surface area (Å²) in [6, 6.07) is 11.8. The van der Waals surface area contributed by atoms with Gasteiger partial charge in [-0.2, -0.15) is 0 Å². The first-order valence-electron chi connectivity index (χ1n) is 9.64. The van der Waals surface area contributed by atoms with Crippen LogP contribution in [0.4, 0.5) is 5.69 Å². The standard InChI is InChI=1S/C21H26N4O2/c1-13-20(15-9-11-25(13)12-10-15)24-21(27)19-8-7-18(23-19)16-5-3-4-6-17(16)22-14(2)26/h3-8,13,15,20,23H,9-12H2,1-2H3,(H,22,26)(H,24,27)/t13-,20+/m1/s1. The monoisotopic (exact) mass is 366 g/mol. The van der Waals surface area contributed by atoms with Crippen LogP contribution < -0.4 is 10.6 Å². The fourth-order valence-corrected chi connectivity index (χ4v) is 4.48. The van der Waals surface area contributed by atoms with E-state index in [9.17, 15) is 9.59 Å². The predicted octanol–water partition coefficient (Wildman–Crippen LogP) is 2.85. The van der Waals surface area contributed by atoms with Crippen molar-refractivity contribution in [1.82, 2.24) is 15.2 Å². The summed E-state index contributed by atoms with van der Waals surface area (Å²) in [7, 11) is 0. The summed E-state index contributed by atoms with van der Waals surface area (Å²) < 4.78 is 0. The number of rotatable bonds is 4. The lowest BCUT2D eigenvalue weighted by Gasteiger charge is -2.49. The van der Waals surface area contributed by atoms with E-state index in [1.807, 2.05) is 30.3 Å². The van der Waals surface area contributed by atoms with E-state index < -0.39 is 0 Å². The molecule has 0 saturated carbocycles. The molecule has 3 saturated heterocycles. The van der Waals surface area contributed by atoms with Crippen molar-refractivity contribution >= 4 is 17.5 Å². The maximum absolute atomic E-state index is 12.8. The second-order valence-corrected chi connectivity index (χ2v) is 7.63. The number of nitrogens with zero attached hydrogens (tertiary/aromatic N) is 1. The van der Waals surface area contributed by atoms with E-state index in [-0.39, 0.29) is 17.9 Å². The molecule has 5 rings (SSSR count). The highest BCUT2D eigenvalue weighted by atomic mass is 16.2. The molecule has 142 valence electrons. The minimum atomic E-state index is -0.122. The molecule has 2 bridgehead atoms. The van der Waals surface area contributed by atoms with Crippen LogP contribution in [-0.4, -0.2) is 46.9 Å². The normalized spacial score (nSPS) is 26.6. The van der Waals surface area contributed by atoms with Crippen LogP contribution in [0, 0.1) is 5.92 Å². The number of hydrogen-bond donors (Lipinski definition) is 3. The highest BCUT2D eigenvalue weighted by molar-refractivity contribution is 5.96. The molecule has 6 nitrogen and oxygen atoms in total. The van der Waals surface area contributed by atoms with Crippen LogP contribution in [0.1, 0.15) is 37.2 Å². The number of hydrogen-bond acceptors (Lipinski definition) is 3. The molecule has 2 aromatic rings. The largest absolute Gasteiger partial charge is 0.350 e. The van der Waals surface area contributed by atoms with Gasteiger partial charge in [0.15, 0.2) is 0 Å². The van der Waals surface area contributed by atoms with Crippen molar-refractivity contribution in [1.29, 1.82) is 0 Å². The minimum Gasteiger partial charge on any atom is -0.350 e. The van der Waals surface area contributed by atoms with E-state index in [0.717, 1.165) is 42.9 Å². The fourth-order valence-electron chi connectivity index (χ4n) is 4.48. The third-order valence-electron chi connectivity index (χ3n) is 5.93. The van der Waals surface area contributed by atoms with Crippen molar-refractivity contribution in [3.63, 3.8) is 0 Å². The van der Waals surface area contributed by atoms with Gasteiger partial charge in [0.05, 0.1) is 5.69 Å². The van der Waals surface area contributed by atoms with E-state index >= 15 is 0 Å². The van der Waals surface area contributed by atoms with Gasteiger partial charge in [-0.3, -0.25) is 14.5 Å². The van der Waals surface area contributed by atoms with Crippen molar-refractivity contribution in [3.05, 3.63) is 42.1 Å². The molecule has 2 amide bonds. The molecule has 1 aromatic heterocycles. The summed E-state index contributed by atoms with van der Waals surface area (Å²) in [6.07, 6.45) is 2.32. The quantitative estimate of drug-likeness (QED) is 0.779. The van der Waals surface area contributed by atoms with Gasteiger partial charge >= 0.3 is 0 Å². The molecule has 4 heterocycles. The van der Waals surface area contributed by atoms with Crippen LogP contribution in [0.3, 0.4) is 0 Å². The molecule has 3 N–H and O–H groups in total. The molecular weight excluding hydrogens is 340 g/mol. The number of fused-ring (bicyclic) bond motifs is 3. The third-order valence-corrected chi connectivity index (χ3v) is 5.93. The van der Waals surface area contributed by atoms with E-state index in [0.29, 0.717) is 17.7 Å². The van der Waals surface area contributed by atoms with Crippen molar-refractivity contribution in [2.45, 2.75) is 38.8 Å². The average Bonchev–Trinajstić information content (AvgIpc) is 3.15. The molecule has 3 aliphatic rings. The lowest BCUT2D eigenvalue weighted by Crippen LogP contribution is -2.62. The number of aromatic nitrogens is 1. The Morgan fingerprint density at radius 1 is 1.11 bits per heavy atom. The zero-order valence-corrected chi connectivity index (χ0v) is 15.8. The van der Waals surface area contributed by atoms with Gasteiger partial charge in [0.1, 0.15) is 5.69 Å². The molecule has 6 heteroatoms. The van der Waals surface area contributed by atoms with Gasteiger partial charge in [0.25, 0.3) is 5.91 Å². The van der Waals surface area contributed by atoms with Crippen LogP contribution in [0.2, 0.25) is 0 Å². The average molecular weight is 366 g/mol. The smallest absolute Gasteiger partial charge is 0.267 e. The first kappa shape index (κ1) is 17.8. The number of amides is 2. The van der Waals surface area contributed by atoms with Crippen LogP contribution in [0.25, 0.3) is 11.3 Å². The van der Waals surface area contributed by atoms with Crippen LogP contribution in [-0.2, 0) is 4.79 Å². The fraction of sp³-hybridized carbons (Fsp3) is 0.429. The second kappa shape index (κ2) is 7.19. The zero-order valence-electron chi connectivity index (χ0n) is 15.8. The molecule has 27 heavy (non-hydrogen) atoms. The number of piperidine rings is 3. The Morgan fingerprint density at radius 2 is 1.85 bits per heavy atom. The molecule has 0 radical (unpaired) electrons. The summed E-state index contributed by atoms with van der Waals surface area (Å²) >= 11 is 0. The summed E-state index contributed by atoms with van der Waals surface area (Å²) in [5, 5.41) is 6.08. The molecule has 3 fully saturated rings. The van der Waals surface area contributed by atoms with E-state index in [2.05, 4.69) is 27.4 Å². The number of carbonyl (C=O) groups is 2. The molecule has 3 aliphatic heterocycles. The topological polar surface area (TPSA) is 77.2 Å². The Balaban J connectivity index is 1.51. The maximum Gasteiger partial charge on any atom is 0.267 e. The van der Waals surface area contributed by atoms with Gasteiger partial charge < -0.3 is 15.6 Å². The summed E-state index contributed by atoms with van der Waals surface area (Å²) in [4.78, 5) is 29.9. The molecule has 1 aromatic carbocycles. The number of carbonyl (C=O) groups excluding carboxylic acids is 2. The number of nitrogens with one attached hydrogen (secondary N) is 3. The molecule has 0 aliphatic carbocycles. The Labute approximate surface area is 159 Å². The highest BCUT2D eigenvalue weighted by Gasteiger charge is 2.40.